The Kier molecular flexibility index (Phi) is 8.02. The molecule has 0 bridgehead atoms. The molecule has 0 fully saturated rings. The molecule has 0 unspecified atom stereocenters. The maximum atomic E-state index is 11.3. The van der Waals surface area contributed by atoms with Gasteiger partial charge in [0.05, 0.1) is 4.92 Å². The first kappa shape index (κ1) is 23.9. The standard InChI is InChI=1S/C20H29N5O3SSi/c1-20(2,3)30(4,5)28-13-11-17-8-7-16(29-17)10-12-22-18-9-6-15(23-24-21)14-19(18)25(26)27/h6-9,14,22H,10-13H2,1-5H3. The lowest BCUT2D eigenvalue weighted by Crippen LogP contribution is -2.41. The van der Waals surface area contributed by atoms with Crippen LogP contribution in [0.15, 0.2) is 35.4 Å². The van der Waals surface area contributed by atoms with Gasteiger partial charge >= 0.3 is 0 Å². The third-order valence-corrected chi connectivity index (χ3v) is 11.1. The second kappa shape index (κ2) is 10.1. The fraction of sp³-hybridized carbons (Fsp3) is 0.500. The van der Waals surface area contributed by atoms with Crippen LogP contribution in [0.1, 0.15) is 30.5 Å². The Morgan fingerprint density at radius 3 is 2.50 bits per heavy atom. The Morgan fingerprint density at radius 2 is 1.90 bits per heavy atom. The highest BCUT2D eigenvalue weighted by atomic mass is 32.1. The molecule has 10 heteroatoms. The molecule has 1 N–H and O–H groups in total. The van der Waals surface area contributed by atoms with Crippen molar-refractivity contribution in [1.29, 1.82) is 0 Å². The smallest absolute Gasteiger partial charge is 0.292 e. The number of nitrogens with zero attached hydrogens (tertiary/aromatic N) is 4. The Balaban J connectivity index is 1.88. The number of nitro benzene ring substituents is 1. The molecule has 0 saturated heterocycles. The van der Waals surface area contributed by atoms with Crippen LogP contribution in [0.3, 0.4) is 0 Å². The first-order valence-electron chi connectivity index (χ1n) is 9.82. The highest BCUT2D eigenvalue weighted by Crippen LogP contribution is 2.36. The first-order chi connectivity index (χ1) is 14.0. The summed E-state index contributed by atoms with van der Waals surface area (Å²) in [6.07, 6.45) is 1.67. The van der Waals surface area contributed by atoms with E-state index >= 15 is 0 Å². The highest BCUT2D eigenvalue weighted by molar-refractivity contribution is 7.12. The minimum absolute atomic E-state index is 0.102. The molecule has 0 amide bonds. The van der Waals surface area contributed by atoms with Gasteiger partial charge in [-0.25, -0.2) is 0 Å². The summed E-state index contributed by atoms with van der Waals surface area (Å²) in [4.78, 5) is 16.0. The summed E-state index contributed by atoms with van der Waals surface area (Å²) in [6, 6.07) is 8.63. The molecule has 0 radical (unpaired) electrons. The van der Waals surface area contributed by atoms with Crippen LogP contribution in [0.25, 0.3) is 10.4 Å². The average molecular weight is 448 g/mol. The molecule has 1 heterocycles. The number of rotatable bonds is 10. The monoisotopic (exact) mass is 447 g/mol. The second-order valence-electron chi connectivity index (χ2n) is 8.55. The van der Waals surface area contributed by atoms with E-state index < -0.39 is 13.2 Å². The lowest BCUT2D eigenvalue weighted by atomic mass is 10.2. The number of nitrogens with one attached hydrogen (secondary N) is 1. The number of anilines is 1. The fourth-order valence-electron chi connectivity index (χ4n) is 2.57. The van der Waals surface area contributed by atoms with Gasteiger partial charge in [-0.3, -0.25) is 10.1 Å². The number of benzene rings is 1. The van der Waals surface area contributed by atoms with Crippen molar-refractivity contribution >= 4 is 36.7 Å². The van der Waals surface area contributed by atoms with E-state index in [-0.39, 0.29) is 16.4 Å². The van der Waals surface area contributed by atoms with E-state index in [4.69, 9.17) is 9.96 Å². The van der Waals surface area contributed by atoms with Crippen molar-refractivity contribution in [1.82, 2.24) is 0 Å². The molecular weight excluding hydrogens is 418 g/mol. The Labute approximate surface area is 182 Å². The molecule has 0 aliphatic heterocycles. The molecular formula is C20H29N5O3SSi. The molecule has 2 aromatic rings. The molecule has 0 aliphatic carbocycles. The second-order valence-corrected chi connectivity index (χ2v) is 14.6. The van der Waals surface area contributed by atoms with Crippen LogP contribution >= 0.6 is 11.3 Å². The molecule has 0 saturated carbocycles. The topological polar surface area (TPSA) is 113 Å². The predicted molar refractivity (Wildman–Crippen MR) is 125 cm³/mol. The van der Waals surface area contributed by atoms with Gasteiger partial charge in [0.2, 0.25) is 0 Å². The predicted octanol–water partition coefficient (Wildman–Crippen LogP) is 6.82. The van der Waals surface area contributed by atoms with Crippen LogP contribution in [0, 0.1) is 10.1 Å². The number of hydrogen-bond donors (Lipinski definition) is 1. The Morgan fingerprint density at radius 1 is 1.23 bits per heavy atom. The molecule has 30 heavy (non-hydrogen) atoms. The van der Waals surface area contributed by atoms with Gasteiger partial charge in [-0.15, -0.1) is 11.3 Å². The molecule has 1 aromatic carbocycles. The highest BCUT2D eigenvalue weighted by Gasteiger charge is 2.36. The molecule has 1 aromatic heterocycles. The van der Waals surface area contributed by atoms with E-state index in [9.17, 15) is 10.1 Å². The van der Waals surface area contributed by atoms with Crippen LogP contribution in [-0.2, 0) is 17.3 Å². The zero-order chi connectivity index (χ0) is 22.4. The molecule has 162 valence electrons. The van der Waals surface area contributed by atoms with E-state index in [0.717, 1.165) is 19.4 Å². The van der Waals surface area contributed by atoms with E-state index in [1.54, 1.807) is 23.5 Å². The van der Waals surface area contributed by atoms with Gasteiger partial charge in [-0.1, -0.05) is 32.0 Å². The molecule has 0 atom stereocenters. The van der Waals surface area contributed by atoms with Crippen LogP contribution in [0.5, 0.6) is 0 Å². The average Bonchev–Trinajstić information content (AvgIpc) is 3.09. The van der Waals surface area contributed by atoms with Crippen molar-refractivity contribution in [2.75, 3.05) is 18.5 Å². The maximum Gasteiger partial charge on any atom is 0.292 e. The van der Waals surface area contributed by atoms with Crippen molar-refractivity contribution in [2.45, 2.75) is 51.7 Å². The number of azide groups is 1. The molecule has 8 nitrogen and oxygen atoms in total. The van der Waals surface area contributed by atoms with Gasteiger partial charge in [0.25, 0.3) is 5.69 Å². The van der Waals surface area contributed by atoms with Crippen molar-refractivity contribution in [3.8, 4) is 0 Å². The van der Waals surface area contributed by atoms with E-state index in [1.165, 1.54) is 15.8 Å². The number of thiophene rings is 1. The lowest BCUT2D eigenvalue weighted by molar-refractivity contribution is -0.383. The lowest BCUT2D eigenvalue weighted by Gasteiger charge is -2.36. The van der Waals surface area contributed by atoms with E-state index in [2.05, 4.69) is 61.3 Å². The van der Waals surface area contributed by atoms with Crippen molar-refractivity contribution < 1.29 is 9.35 Å². The summed E-state index contributed by atoms with van der Waals surface area (Å²) >= 11 is 1.75. The maximum absolute atomic E-state index is 11.3. The first-order valence-corrected chi connectivity index (χ1v) is 13.5. The van der Waals surface area contributed by atoms with Crippen molar-refractivity contribution in [2.24, 2.45) is 5.11 Å². The zero-order valence-corrected chi connectivity index (χ0v) is 20.0. The van der Waals surface area contributed by atoms with Gasteiger partial charge in [-0.2, -0.15) is 0 Å². The summed E-state index contributed by atoms with van der Waals surface area (Å²) in [5.41, 5.74) is 9.02. The molecule has 2 rings (SSSR count). The van der Waals surface area contributed by atoms with Crippen molar-refractivity contribution in [3.63, 3.8) is 0 Å². The molecule has 0 aliphatic rings. The minimum atomic E-state index is -1.72. The fourth-order valence-corrected chi connectivity index (χ4v) is 4.61. The van der Waals surface area contributed by atoms with Crippen LogP contribution in [-0.4, -0.2) is 26.4 Å². The van der Waals surface area contributed by atoms with Gasteiger partial charge in [0, 0.05) is 46.0 Å². The summed E-state index contributed by atoms with van der Waals surface area (Å²) in [6.45, 7) is 12.5. The summed E-state index contributed by atoms with van der Waals surface area (Å²) in [5, 5.41) is 18.0. The van der Waals surface area contributed by atoms with Crippen molar-refractivity contribution in [3.05, 3.63) is 60.6 Å². The van der Waals surface area contributed by atoms with E-state index in [0.29, 0.717) is 12.2 Å². The Hall–Kier alpha value is -2.39. The third kappa shape index (κ3) is 6.56. The van der Waals surface area contributed by atoms with E-state index in [1.807, 2.05) is 0 Å². The third-order valence-electron chi connectivity index (χ3n) is 5.36. The quantitative estimate of drug-likeness (QED) is 0.107. The number of hydrogen-bond acceptors (Lipinski definition) is 6. The van der Waals surface area contributed by atoms with Crippen LogP contribution in [0.4, 0.5) is 17.1 Å². The van der Waals surface area contributed by atoms with Gasteiger partial charge in [-0.05, 0) is 48.3 Å². The SMILES string of the molecule is CC(C)(C)[Si](C)(C)OCCc1ccc(CCNc2ccc(N=[N+]=[N-])cc2[N+](=O)[O-])s1. The minimum Gasteiger partial charge on any atom is -0.416 e. The Bertz CT molecular complexity index is 933. The van der Waals surface area contributed by atoms with Gasteiger partial charge < -0.3 is 9.74 Å². The molecule has 0 spiro atoms. The largest absolute Gasteiger partial charge is 0.416 e. The summed E-state index contributed by atoms with van der Waals surface area (Å²) < 4.78 is 6.25. The zero-order valence-electron chi connectivity index (χ0n) is 18.1. The van der Waals surface area contributed by atoms with Gasteiger partial charge in [0.15, 0.2) is 8.32 Å². The van der Waals surface area contributed by atoms with Crippen LogP contribution < -0.4 is 5.32 Å². The summed E-state index contributed by atoms with van der Waals surface area (Å²) in [5.74, 6) is 0. The van der Waals surface area contributed by atoms with Crippen LogP contribution in [0.2, 0.25) is 18.1 Å². The number of nitro groups is 1. The van der Waals surface area contributed by atoms with Gasteiger partial charge in [0.1, 0.15) is 5.69 Å². The normalized spacial score (nSPS) is 11.8. The summed E-state index contributed by atoms with van der Waals surface area (Å²) in [7, 11) is -1.72.